The molecule has 0 radical (unpaired) electrons. The quantitative estimate of drug-likeness (QED) is 0.839. The Morgan fingerprint density at radius 2 is 2.10 bits per heavy atom. The van der Waals surface area contributed by atoms with Crippen molar-refractivity contribution < 1.29 is 12.8 Å². The van der Waals surface area contributed by atoms with Gasteiger partial charge in [0.05, 0.1) is 4.90 Å². The van der Waals surface area contributed by atoms with Crippen LogP contribution in [0.4, 0.5) is 4.39 Å². The minimum atomic E-state index is -3.80. The fourth-order valence-electron chi connectivity index (χ4n) is 1.64. The highest BCUT2D eigenvalue weighted by molar-refractivity contribution is 9.10. The maximum absolute atomic E-state index is 13.3. The Kier molecular flexibility index (Phi) is 4.92. The third kappa shape index (κ3) is 3.44. The first-order valence-corrected chi connectivity index (χ1v) is 8.79. The van der Waals surface area contributed by atoms with E-state index >= 15 is 0 Å². The third-order valence-electron chi connectivity index (χ3n) is 2.65. The lowest BCUT2D eigenvalue weighted by molar-refractivity contribution is 0.576. The van der Waals surface area contributed by atoms with Crippen molar-refractivity contribution in [2.75, 3.05) is 0 Å². The number of hydrogen-bond acceptors (Lipinski definition) is 4. The number of sulfonamides is 1. The monoisotopic (exact) mass is 378 g/mol. The van der Waals surface area contributed by atoms with Crippen molar-refractivity contribution in [2.45, 2.75) is 18.0 Å². The standard InChI is InChI=1S/C12H12BrFN2O2S2/c13-10-3-4-19-11(10)7-16-20(17,18)12-5-9(14)2-1-8(12)6-15/h1-5,16H,6-7,15H2. The van der Waals surface area contributed by atoms with E-state index in [1.165, 1.54) is 23.5 Å². The van der Waals surface area contributed by atoms with E-state index in [4.69, 9.17) is 5.73 Å². The SMILES string of the molecule is NCc1ccc(F)cc1S(=O)(=O)NCc1sccc1Br. The molecule has 0 unspecified atom stereocenters. The summed E-state index contributed by atoms with van der Waals surface area (Å²) < 4.78 is 41.0. The summed E-state index contributed by atoms with van der Waals surface area (Å²) >= 11 is 4.75. The fourth-order valence-corrected chi connectivity index (χ4v) is 4.41. The molecule has 1 aromatic carbocycles. The molecule has 0 amide bonds. The molecular formula is C12H12BrFN2O2S2. The Morgan fingerprint density at radius 3 is 2.70 bits per heavy atom. The molecule has 0 spiro atoms. The van der Waals surface area contributed by atoms with Gasteiger partial charge in [0.25, 0.3) is 0 Å². The molecule has 2 rings (SSSR count). The summed E-state index contributed by atoms with van der Waals surface area (Å²) in [5, 5.41) is 1.85. The molecule has 3 N–H and O–H groups in total. The van der Waals surface area contributed by atoms with Crippen molar-refractivity contribution in [1.29, 1.82) is 0 Å². The average Bonchev–Trinajstić information content (AvgIpc) is 2.82. The predicted molar refractivity (Wildman–Crippen MR) is 80.3 cm³/mol. The van der Waals surface area contributed by atoms with E-state index in [-0.39, 0.29) is 18.0 Å². The number of thiophene rings is 1. The summed E-state index contributed by atoms with van der Waals surface area (Å²) in [6.07, 6.45) is 0. The lowest BCUT2D eigenvalue weighted by Crippen LogP contribution is -2.24. The zero-order valence-electron chi connectivity index (χ0n) is 10.3. The first kappa shape index (κ1) is 15.6. The van der Waals surface area contributed by atoms with Crippen LogP contribution in [-0.2, 0) is 23.1 Å². The summed E-state index contributed by atoms with van der Waals surface area (Å²) in [4.78, 5) is 0.729. The molecule has 0 saturated carbocycles. The van der Waals surface area contributed by atoms with Crippen molar-refractivity contribution in [2.24, 2.45) is 5.73 Å². The first-order valence-electron chi connectivity index (χ1n) is 5.64. The molecule has 0 fully saturated rings. The van der Waals surface area contributed by atoms with Crippen LogP contribution in [0.5, 0.6) is 0 Å². The van der Waals surface area contributed by atoms with Gasteiger partial charge in [-0.3, -0.25) is 0 Å². The normalized spacial score (nSPS) is 11.8. The molecule has 0 atom stereocenters. The van der Waals surface area contributed by atoms with E-state index in [9.17, 15) is 12.8 Å². The van der Waals surface area contributed by atoms with Gasteiger partial charge in [-0.15, -0.1) is 11.3 Å². The minimum absolute atomic E-state index is 0.0270. The van der Waals surface area contributed by atoms with E-state index in [2.05, 4.69) is 20.7 Å². The highest BCUT2D eigenvalue weighted by Gasteiger charge is 2.19. The van der Waals surface area contributed by atoms with Crippen molar-refractivity contribution in [3.05, 3.63) is 50.4 Å². The first-order chi connectivity index (χ1) is 9.44. The van der Waals surface area contributed by atoms with Gasteiger partial charge in [0.15, 0.2) is 0 Å². The Balaban J connectivity index is 2.26. The Hall–Kier alpha value is -0.800. The van der Waals surface area contributed by atoms with Crippen LogP contribution in [0.3, 0.4) is 0 Å². The van der Waals surface area contributed by atoms with Crippen molar-refractivity contribution in [1.82, 2.24) is 4.72 Å². The van der Waals surface area contributed by atoms with Gasteiger partial charge in [0, 0.05) is 22.4 Å². The second-order valence-electron chi connectivity index (χ2n) is 3.97. The molecule has 1 heterocycles. The van der Waals surface area contributed by atoms with Gasteiger partial charge in [-0.2, -0.15) is 0 Å². The van der Waals surface area contributed by atoms with Gasteiger partial charge < -0.3 is 5.73 Å². The predicted octanol–water partition coefficient (Wildman–Crippen LogP) is 2.59. The van der Waals surface area contributed by atoms with Crippen LogP contribution in [-0.4, -0.2) is 8.42 Å². The van der Waals surface area contributed by atoms with Crippen LogP contribution in [0.2, 0.25) is 0 Å². The van der Waals surface area contributed by atoms with Crippen LogP contribution >= 0.6 is 27.3 Å². The van der Waals surface area contributed by atoms with E-state index in [1.807, 2.05) is 11.4 Å². The number of rotatable bonds is 5. The molecule has 0 aliphatic rings. The molecule has 8 heteroatoms. The topological polar surface area (TPSA) is 72.2 Å². The zero-order chi connectivity index (χ0) is 14.8. The van der Waals surface area contributed by atoms with Crippen LogP contribution in [0.25, 0.3) is 0 Å². The Morgan fingerprint density at radius 1 is 1.35 bits per heavy atom. The van der Waals surface area contributed by atoms with Crippen LogP contribution in [0.1, 0.15) is 10.4 Å². The fraction of sp³-hybridized carbons (Fsp3) is 0.167. The lowest BCUT2D eigenvalue weighted by Gasteiger charge is -2.10. The summed E-state index contributed by atoms with van der Waals surface area (Å²) in [6, 6.07) is 5.39. The molecule has 1 aromatic heterocycles. The lowest BCUT2D eigenvalue weighted by atomic mass is 10.2. The van der Waals surface area contributed by atoms with E-state index in [1.54, 1.807) is 0 Å². The summed E-state index contributed by atoms with van der Waals surface area (Å²) in [5.41, 5.74) is 5.87. The molecule has 2 aromatic rings. The summed E-state index contributed by atoms with van der Waals surface area (Å²) in [6.45, 7) is 0.167. The second-order valence-corrected chi connectivity index (χ2v) is 7.56. The van der Waals surface area contributed by atoms with Crippen LogP contribution in [0.15, 0.2) is 39.0 Å². The average molecular weight is 379 g/mol. The highest BCUT2D eigenvalue weighted by Crippen LogP contribution is 2.23. The number of halogens is 2. The minimum Gasteiger partial charge on any atom is -0.326 e. The molecular weight excluding hydrogens is 367 g/mol. The Bertz CT molecular complexity index is 716. The largest absolute Gasteiger partial charge is 0.326 e. The molecule has 0 saturated heterocycles. The van der Waals surface area contributed by atoms with E-state index < -0.39 is 15.8 Å². The smallest absolute Gasteiger partial charge is 0.241 e. The molecule has 108 valence electrons. The number of benzene rings is 1. The molecule has 0 bridgehead atoms. The summed E-state index contributed by atoms with van der Waals surface area (Å²) in [7, 11) is -3.80. The molecule has 0 aliphatic heterocycles. The maximum Gasteiger partial charge on any atom is 0.241 e. The van der Waals surface area contributed by atoms with Crippen molar-refractivity contribution in [3.63, 3.8) is 0 Å². The number of nitrogens with two attached hydrogens (primary N) is 1. The number of hydrogen-bond donors (Lipinski definition) is 2. The van der Waals surface area contributed by atoms with Gasteiger partial charge >= 0.3 is 0 Å². The highest BCUT2D eigenvalue weighted by atomic mass is 79.9. The van der Waals surface area contributed by atoms with Crippen LogP contribution in [0, 0.1) is 5.82 Å². The number of nitrogens with one attached hydrogen (secondary N) is 1. The van der Waals surface area contributed by atoms with Crippen LogP contribution < -0.4 is 10.5 Å². The summed E-state index contributed by atoms with van der Waals surface area (Å²) in [5.74, 6) is -0.611. The maximum atomic E-state index is 13.3. The Labute approximate surface area is 129 Å². The third-order valence-corrected chi connectivity index (χ3v) is 6.06. The van der Waals surface area contributed by atoms with Gasteiger partial charge in [0.2, 0.25) is 10.0 Å². The van der Waals surface area contributed by atoms with E-state index in [0.717, 1.165) is 15.4 Å². The van der Waals surface area contributed by atoms with Crippen molar-refractivity contribution >= 4 is 37.3 Å². The van der Waals surface area contributed by atoms with E-state index in [0.29, 0.717) is 5.56 Å². The van der Waals surface area contributed by atoms with Crippen molar-refractivity contribution in [3.8, 4) is 0 Å². The van der Waals surface area contributed by atoms with Gasteiger partial charge in [-0.05, 0) is 45.1 Å². The van der Waals surface area contributed by atoms with Gasteiger partial charge in [0.1, 0.15) is 5.82 Å². The molecule has 0 aliphatic carbocycles. The molecule has 4 nitrogen and oxygen atoms in total. The van der Waals surface area contributed by atoms with Gasteiger partial charge in [-0.1, -0.05) is 6.07 Å². The molecule has 20 heavy (non-hydrogen) atoms. The van der Waals surface area contributed by atoms with Gasteiger partial charge in [-0.25, -0.2) is 17.5 Å². The second kappa shape index (κ2) is 6.31. The zero-order valence-corrected chi connectivity index (χ0v) is 13.5.